The molecule has 1 heterocycles. The number of rotatable bonds is 5. The number of halogens is 1. The summed E-state index contributed by atoms with van der Waals surface area (Å²) >= 11 is 7.41. The number of thiophene rings is 1. The van der Waals surface area contributed by atoms with Gasteiger partial charge in [-0.15, -0.1) is 11.3 Å². The maximum absolute atomic E-state index is 8.60. The van der Waals surface area contributed by atoms with Crippen molar-refractivity contribution in [1.29, 1.82) is 0 Å². The number of hydrogen-bond acceptors (Lipinski definition) is 3. The quantitative estimate of drug-likeness (QED) is 0.746. The fraction of sp³-hybridized carbons (Fsp3) is 0.556. The third kappa shape index (κ3) is 3.65. The summed E-state index contributed by atoms with van der Waals surface area (Å²) in [4.78, 5) is 1.24. The van der Waals surface area contributed by atoms with Crippen LogP contribution in [-0.2, 0) is 0 Å². The minimum absolute atomic E-state index is 0.241. The van der Waals surface area contributed by atoms with Gasteiger partial charge < -0.3 is 10.4 Å². The molecule has 4 heteroatoms. The molecular formula is C9H14ClNOS. The Bertz CT molecular complexity index is 252. The van der Waals surface area contributed by atoms with Gasteiger partial charge in [-0.2, -0.15) is 0 Å². The molecule has 0 amide bonds. The lowest BCUT2D eigenvalue weighted by molar-refractivity contribution is 0.284. The van der Waals surface area contributed by atoms with Crippen molar-refractivity contribution >= 4 is 22.9 Å². The van der Waals surface area contributed by atoms with Gasteiger partial charge in [0.1, 0.15) is 0 Å². The number of hydrogen-bond donors (Lipinski definition) is 2. The van der Waals surface area contributed by atoms with Crippen LogP contribution < -0.4 is 5.32 Å². The molecule has 0 saturated carbocycles. The average molecular weight is 220 g/mol. The van der Waals surface area contributed by atoms with E-state index in [1.54, 1.807) is 11.3 Å². The second kappa shape index (κ2) is 5.60. The van der Waals surface area contributed by atoms with Crippen molar-refractivity contribution in [3.05, 3.63) is 21.3 Å². The summed E-state index contributed by atoms with van der Waals surface area (Å²) in [6.07, 6.45) is 0.795. The average Bonchev–Trinajstić information content (AvgIpc) is 2.52. The Labute approximate surface area is 87.5 Å². The Balaban J connectivity index is 2.35. The molecule has 1 atom stereocenters. The Morgan fingerprint density at radius 1 is 1.62 bits per heavy atom. The molecule has 13 heavy (non-hydrogen) atoms. The number of nitrogens with one attached hydrogen (secondary N) is 1. The molecule has 2 nitrogen and oxygen atoms in total. The molecular weight excluding hydrogens is 206 g/mol. The zero-order valence-corrected chi connectivity index (χ0v) is 9.16. The molecule has 1 aromatic rings. The second-order valence-corrected chi connectivity index (χ2v) is 4.64. The summed E-state index contributed by atoms with van der Waals surface area (Å²) in [5.74, 6) is 0. The van der Waals surface area contributed by atoms with Gasteiger partial charge in [-0.05, 0) is 32.0 Å². The Morgan fingerprint density at radius 2 is 2.38 bits per heavy atom. The van der Waals surface area contributed by atoms with E-state index in [1.165, 1.54) is 4.88 Å². The molecule has 0 aliphatic carbocycles. The molecule has 0 fully saturated rings. The van der Waals surface area contributed by atoms with Crippen LogP contribution in [0.2, 0.25) is 4.34 Å². The van der Waals surface area contributed by atoms with Crippen LogP contribution in [0, 0.1) is 0 Å². The molecule has 0 spiro atoms. The predicted octanol–water partition coefficient (Wildman–Crippen LogP) is 2.43. The van der Waals surface area contributed by atoms with Crippen LogP contribution in [-0.4, -0.2) is 18.3 Å². The summed E-state index contributed by atoms with van der Waals surface area (Å²) in [5, 5.41) is 11.9. The standard InChI is InChI=1S/C9H14ClNOS/c1-7(11-5-2-6-12)8-3-4-9(10)13-8/h3-4,7,11-12H,2,5-6H2,1H3. The highest BCUT2D eigenvalue weighted by Gasteiger charge is 2.06. The van der Waals surface area contributed by atoms with E-state index in [9.17, 15) is 0 Å². The third-order valence-corrected chi connectivity index (χ3v) is 3.22. The fourth-order valence-corrected chi connectivity index (χ4v) is 2.15. The van der Waals surface area contributed by atoms with Gasteiger partial charge >= 0.3 is 0 Å². The highest BCUT2D eigenvalue weighted by Crippen LogP contribution is 2.26. The molecule has 0 aromatic carbocycles. The SMILES string of the molecule is CC(NCCCO)c1ccc(Cl)s1. The smallest absolute Gasteiger partial charge is 0.0931 e. The number of aliphatic hydroxyl groups excluding tert-OH is 1. The zero-order valence-electron chi connectivity index (χ0n) is 7.59. The van der Waals surface area contributed by atoms with Gasteiger partial charge in [-0.3, -0.25) is 0 Å². The maximum atomic E-state index is 8.60. The first-order valence-electron chi connectivity index (χ1n) is 4.33. The van der Waals surface area contributed by atoms with Crippen molar-refractivity contribution in [2.24, 2.45) is 0 Å². The minimum Gasteiger partial charge on any atom is -0.396 e. The van der Waals surface area contributed by atoms with Gasteiger partial charge in [-0.1, -0.05) is 11.6 Å². The molecule has 1 rings (SSSR count). The molecule has 0 bridgehead atoms. The van der Waals surface area contributed by atoms with Gasteiger partial charge in [0.25, 0.3) is 0 Å². The Hall–Kier alpha value is -0.0900. The summed E-state index contributed by atoms with van der Waals surface area (Å²) in [5.41, 5.74) is 0. The Kier molecular flexibility index (Phi) is 4.73. The summed E-state index contributed by atoms with van der Waals surface area (Å²) < 4.78 is 0.825. The van der Waals surface area contributed by atoms with Crippen molar-refractivity contribution in [1.82, 2.24) is 5.32 Å². The molecule has 0 aliphatic heterocycles. The summed E-state index contributed by atoms with van der Waals surface area (Å²) in [7, 11) is 0. The van der Waals surface area contributed by atoms with Crippen LogP contribution in [0.5, 0.6) is 0 Å². The van der Waals surface area contributed by atoms with E-state index < -0.39 is 0 Å². The van der Waals surface area contributed by atoms with Crippen molar-refractivity contribution in [2.45, 2.75) is 19.4 Å². The molecule has 0 radical (unpaired) electrons. The second-order valence-electron chi connectivity index (χ2n) is 2.89. The van der Waals surface area contributed by atoms with Gasteiger partial charge in [-0.25, -0.2) is 0 Å². The third-order valence-electron chi connectivity index (χ3n) is 1.81. The van der Waals surface area contributed by atoms with Crippen LogP contribution in [0.3, 0.4) is 0 Å². The van der Waals surface area contributed by atoms with E-state index in [1.807, 2.05) is 12.1 Å². The van der Waals surface area contributed by atoms with Gasteiger partial charge in [0.05, 0.1) is 4.34 Å². The van der Waals surface area contributed by atoms with Crippen LogP contribution in [0.4, 0.5) is 0 Å². The predicted molar refractivity (Wildman–Crippen MR) is 57.4 cm³/mol. The Morgan fingerprint density at radius 3 is 2.92 bits per heavy atom. The lowest BCUT2D eigenvalue weighted by Crippen LogP contribution is -2.19. The van der Waals surface area contributed by atoms with Crippen molar-refractivity contribution in [3.8, 4) is 0 Å². The van der Waals surface area contributed by atoms with Gasteiger partial charge in [0.2, 0.25) is 0 Å². The van der Waals surface area contributed by atoms with Crippen LogP contribution in [0.15, 0.2) is 12.1 Å². The monoisotopic (exact) mass is 219 g/mol. The lowest BCUT2D eigenvalue weighted by Gasteiger charge is -2.10. The zero-order chi connectivity index (χ0) is 9.68. The normalized spacial score (nSPS) is 13.2. The van der Waals surface area contributed by atoms with E-state index in [0.717, 1.165) is 17.3 Å². The van der Waals surface area contributed by atoms with Crippen LogP contribution >= 0.6 is 22.9 Å². The fourth-order valence-electron chi connectivity index (χ4n) is 1.06. The number of aliphatic hydroxyl groups is 1. The maximum Gasteiger partial charge on any atom is 0.0931 e. The van der Waals surface area contributed by atoms with Crippen molar-refractivity contribution in [2.75, 3.05) is 13.2 Å². The molecule has 74 valence electrons. The molecule has 1 unspecified atom stereocenters. The van der Waals surface area contributed by atoms with Gasteiger partial charge in [0, 0.05) is 17.5 Å². The lowest BCUT2D eigenvalue weighted by atomic mass is 10.2. The highest BCUT2D eigenvalue weighted by molar-refractivity contribution is 7.16. The summed E-state index contributed by atoms with van der Waals surface area (Å²) in [6.45, 7) is 3.18. The minimum atomic E-state index is 0.241. The molecule has 2 N–H and O–H groups in total. The summed E-state index contributed by atoms with van der Waals surface area (Å²) in [6, 6.07) is 4.26. The highest BCUT2D eigenvalue weighted by atomic mass is 35.5. The first-order chi connectivity index (χ1) is 6.24. The van der Waals surface area contributed by atoms with E-state index in [-0.39, 0.29) is 6.61 Å². The van der Waals surface area contributed by atoms with Crippen molar-refractivity contribution in [3.63, 3.8) is 0 Å². The first-order valence-corrected chi connectivity index (χ1v) is 5.53. The molecule has 0 aliphatic rings. The molecule has 0 saturated heterocycles. The van der Waals surface area contributed by atoms with Crippen LogP contribution in [0.25, 0.3) is 0 Å². The first kappa shape index (κ1) is 11.0. The topological polar surface area (TPSA) is 32.3 Å². The van der Waals surface area contributed by atoms with Crippen LogP contribution in [0.1, 0.15) is 24.3 Å². The van der Waals surface area contributed by atoms with E-state index in [4.69, 9.17) is 16.7 Å². The van der Waals surface area contributed by atoms with E-state index in [2.05, 4.69) is 12.2 Å². The van der Waals surface area contributed by atoms with E-state index in [0.29, 0.717) is 6.04 Å². The molecule has 1 aromatic heterocycles. The van der Waals surface area contributed by atoms with Gasteiger partial charge in [0.15, 0.2) is 0 Å². The largest absolute Gasteiger partial charge is 0.396 e. The van der Waals surface area contributed by atoms with Crippen molar-refractivity contribution < 1.29 is 5.11 Å². The van der Waals surface area contributed by atoms with E-state index >= 15 is 0 Å².